The second-order valence-electron chi connectivity index (χ2n) is 5.69. The smallest absolute Gasteiger partial charge is 0.237 e. The Morgan fingerprint density at radius 1 is 1.47 bits per heavy atom. The summed E-state index contributed by atoms with van der Waals surface area (Å²) in [5, 5.41) is 12.7. The molecule has 0 aromatic rings. The first-order valence-electron chi connectivity index (χ1n) is 6.04. The Labute approximate surface area is 104 Å². The highest BCUT2D eigenvalue weighted by molar-refractivity contribution is 5.81. The summed E-state index contributed by atoms with van der Waals surface area (Å²) in [4.78, 5) is 13.5. The molecule has 0 aromatic carbocycles. The molecule has 0 aliphatic carbocycles. The van der Waals surface area contributed by atoms with Crippen molar-refractivity contribution in [2.45, 2.75) is 38.8 Å². The van der Waals surface area contributed by atoms with Gasteiger partial charge in [0.1, 0.15) is 0 Å². The summed E-state index contributed by atoms with van der Waals surface area (Å²) in [6.07, 6.45) is 0.654. The third-order valence-corrected chi connectivity index (χ3v) is 2.36. The second kappa shape index (κ2) is 6.93. The third-order valence-electron chi connectivity index (χ3n) is 2.36. The van der Waals surface area contributed by atoms with Gasteiger partial charge in [0.2, 0.25) is 5.91 Å². The van der Waals surface area contributed by atoms with E-state index in [2.05, 4.69) is 5.32 Å². The second-order valence-corrected chi connectivity index (χ2v) is 5.69. The number of rotatable bonds is 7. The fraction of sp³-hybridized carbons (Fsp3) is 0.917. The fourth-order valence-electron chi connectivity index (χ4n) is 1.76. The predicted octanol–water partition coefficient (Wildman–Crippen LogP) is -0.211. The predicted molar refractivity (Wildman–Crippen MR) is 69.6 cm³/mol. The SMILES string of the molecule is CC(C)C[C@H](N)C(=O)NCC(C)(O)CN(C)C. The molecular formula is C12H27N3O2. The van der Waals surface area contributed by atoms with Gasteiger partial charge in [0, 0.05) is 13.1 Å². The molecule has 0 bridgehead atoms. The molecule has 1 amide bonds. The van der Waals surface area contributed by atoms with Crippen molar-refractivity contribution in [3.8, 4) is 0 Å². The third kappa shape index (κ3) is 8.12. The average molecular weight is 245 g/mol. The fourth-order valence-corrected chi connectivity index (χ4v) is 1.76. The van der Waals surface area contributed by atoms with Crippen LogP contribution in [0.1, 0.15) is 27.2 Å². The summed E-state index contributed by atoms with van der Waals surface area (Å²) in [5.74, 6) is 0.191. The number of hydrogen-bond acceptors (Lipinski definition) is 4. The highest BCUT2D eigenvalue weighted by Crippen LogP contribution is 2.05. The Bertz CT molecular complexity index is 240. The molecular weight excluding hydrogens is 218 g/mol. The largest absolute Gasteiger partial charge is 0.387 e. The number of likely N-dealkylation sites (N-methyl/N-ethyl adjacent to an activating group) is 1. The van der Waals surface area contributed by atoms with Gasteiger partial charge in [0.15, 0.2) is 0 Å². The van der Waals surface area contributed by atoms with Crippen molar-refractivity contribution >= 4 is 5.91 Å². The number of aliphatic hydroxyl groups is 1. The molecule has 0 aliphatic rings. The highest BCUT2D eigenvalue weighted by atomic mass is 16.3. The topological polar surface area (TPSA) is 78.6 Å². The number of amides is 1. The zero-order chi connectivity index (χ0) is 13.6. The van der Waals surface area contributed by atoms with Crippen LogP contribution >= 0.6 is 0 Å². The van der Waals surface area contributed by atoms with Crippen molar-refractivity contribution in [2.75, 3.05) is 27.2 Å². The van der Waals surface area contributed by atoms with Crippen molar-refractivity contribution in [1.29, 1.82) is 0 Å². The lowest BCUT2D eigenvalue weighted by Crippen LogP contribution is -2.50. The summed E-state index contributed by atoms with van der Waals surface area (Å²) < 4.78 is 0. The van der Waals surface area contributed by atoms with Gasteiger partial charge in [-0.1, -0.05) is 13.8 Å². The normalized spacial score (nSPS) is 17.0. The van der Waals surface area contributed by atoms with Crippen LogP contribution < -0.4 is 11.1 Å². The van der Waals surface area contributed by atoms with Gasteiger partial charge in [-0.2, -0.15) is 0 Å². The van der Waals surface area contributed by atoms with Gasteiger partial charge in [0.05, 0.1) is 11.6 Å². The lowest BCUT2D eigenvalue weighted by atomic mass is 10.0. The Morgan fingerprint density at radius 3 is 2.41 bits per heavy atom. The van der Waals surface area contributed by atoms with Crippen LogP contribution in [0.25, 0.3) is 0 Å². The van der Waals surface area contributed by atoms with Gasteiger partial charge < -0.3 is 21.1 Å². The molecule has 5 nitrogen and oxygen atoms in total. The summed E-state index contributed by atoms with van der Waals surface area (Å²) in [6, 6.07) is -0.495. The number of hydrogen-bond donors (Lipinski definition) is 3. The number of nitrogens with zero attached hydrogens (tertiary/aromatic N) is 1. The van der Waals surface area contributed by atoms with Gasteiger partial charge >= 0.3 is 0 Å². The maximum atomic E-state index is 11.7. The van der Waals surface area contributed by atoms with E-state index in [-0.39, 0.29) is 12.5 Å². The zero-order valence-electron chi connectivity index (χ0n) is 11.7. The molecule has 4 N–H and O–H groups in total. The zero-order valence-corrected chi connectivity index (χ0v) is 11.7. The van der Waals surface area contributed by atoms with E-state index in [1.54, 1.807) is 6.92 Å². The van der Waals surface area contributed by atoms with Crippen molar-refractivity contribution in [3.63, 3.8) is 0 Å². The molecule has 5 heteroatoms. The molecule has 0 saturated carbocycles. The molecule has 0 saturated heterocycles. The average Bonchev–Trinajstić information content (AvgIpc) is 2.11. The number of nitrogens with one attached hydrogen (secondary N) is 1. The van der Waals surface area contributed by atoms with Gasteiger partial charge in [-0.05, 0) is 33.4 Å². The number of nitrogens with two attached hydrogens (primary N) is 1. The molecule has 2 atom stereocenters. The van der Waals surface area contributed by atoms with Gasteiger partial charge in [0.25, 0.3) is 0 Å². The van der Waals surface area contributed by atoms with Crippen LogP contribution in [0.4, 0.5) is 0 Å². The Balaban J connectivity index is 4.06. The van der Waals surface area contributed by atoms with Gasteiger partial charge in [-0.15, -0.1) is 0 Å². The summed E-state index contributed by atoms with van der Waals surface area (Å²) in [6.45, 7) is 6.45. The van der Waals surface area contributed by atoms with Crippen molar-refractivity contribution in [1.82, 2.24) is 10.2 Å². The van der Waals surface area contributed by atoms with E-state index in [0.717, 1.165) is 0 Å². The molecule has 102 valence electrons. The van der Waals surface area contributed by atoms with E-state index in [9.17, 15) is 9.90 Å². The van der Waals surface area contributed by atoms with Crippen LogP contribution in [0.2, 0.25) is 0 Å². The van der Waals surface area contributed by atoms with Crippen LogP contribution in [0.5, 0.6) is 0 Å². The molecule has 0 heterocycles. The van der Waals surface area contributed by atoms with Crippen LogP contribution in [0.3, 0.4) is 0 Å². The van der Waals surface area contributed by atoms with Crippen LogP contribution in [-0.2, 0) is 4.79 Å². The molecule has 0 spiro atoms. The molecule has 0 fully saturated rings. The van der Waals surface area contributed by atoms with Crippen molar-refractivity contribution < 1.29 is 9.90 Å². The maximum absolute atomic E-state index is 11.7. The lowest BCUT2D eigenvalue weighted by molar-refractivity contribution is -0.124. The van der Waals surface area contributed by atoms with Crippen molar-refractivity contribution in [3.05, 3.63) is 0 Å². The van der Waals surface area contributed by atoms with E-state index in [1.807, 2.05) is 32.8 Å². The van der Waals surface area contributed by atoms with E-state index >= 15 is 0 Å². The first-order chi connectivity index (χ1) is 7.64. The highest BCUT2D eigenvalue weighted by Gasteiger charge is 2.23. The van der Waals surface area contributed by atoms with E-state index < -0.39 is 11.6 Å². The molecule has 0 rings (SSSR count). The number of carbonyl (C=O) groups excluding carboxylic acids is 1. The van der Waals surface area contributed by atoms with E-state index in [1.165, 1.54) is 0 Å². The van der Waals surface area contributed by atoms with E-state index in [0.29, 0.717) is 18.9 Å². The van der Waals surface area contributed by atoms with E-state index in [4.69, 9.17) is 5.73 Å². The molecule has 0 radical (unpaired) electrons. The molecule has 1 unspecified atom stereocenters. The first-order valence-corrected chi connectivity index (χ1v) is 6.04. The lowest BCUT2D eigenvalue weighted by Gasteiger charge is -2.27. The standard InChI is InChI=1S/C12H27N3O2/c1-9(2)6-10(13)11(16)14-7-12(3,17)8-15(4)5/h9-10,17H,6-8,13H2,1-5H3,(H,14,16)/t10-,12?/m0/s1. The Hall–Kier alpha value is -0.650. The van der Waals surface area contributed by atoms with Crippen LogP contribution in [0, 0.1) is 5.92 Å². The summed E-state index contributed by atoms with van der Waals surface area (Å²) in [5.41, 5.74) is 4.81. The summed E-state index contributed by atoms with van der Waals surface area (Å²) in [7, 11) is 3.75. The quantitative estimate of drug-likeness (QED) is 0.580. The Morgan fingerprint density at radius 2 is 2.00 bits per heavy atom. The Kier molecular flexibility index (Phi) is 6.67. The van der Waals surface area contributed by atoms with Crippen LogP contribution in [0.15, 0.2) is 0 Å². The minimum absolute atomic E-state index is 0.197. The summed E-state index contributed by atoms with van der Waals surface area (Å²) >= 11 is 0. The minimum atomic E-state index is -0.934. The van der Waals surface area contributed by atoms with Gasteiger partial charge in [-0.25, -0.2) is 0 Å². The van der Waals surface area contributed by atoms with Crippen LogP contribution in [-0.4, -0.2) is 54.7 Å². The monoisotopic (exact) mass is 245 g/mol. The van der Waals surface area contributed by atoms with Crippen molar-refractivity contribution in [2.24, 2.45) is 11.7 Å². The maximum Gasteiger partial charge on any atom is 0.237 e. The molecule has 0 aromatic heterocycles. The minimum Gasteiger partial charge on any atom is -0.387 e. The first kappa shape index (κ1) is 16.4. The van der Waals surface area contributed by atoms with Gasteiger partial charge in [-0.3, -0.25) is 4.79 Å². The number of carbonyl (C=O) groups is 1. The molecule has 0 aliphatic heterocycles. The molecule has 17 heavy (non-hydrogen) atoms.